The zero-order valence-corrected chi connectivity index (χ0v) is 16.7. The molecule has 0 bridgehead atoms. The van der Waals surface area contributed by atoms with Crippen molar-refractivity contribution in [2.45, 2.75) is 13.0 Å². The molecule has 3 rings (SSSR count). The molecule has 4 nitrogen and oxygen atoms in total. The van der Waals surface area contributed by atoms with Crippen molar-refractivity contribution >= 4 is 52.1 Å². The van der Waals surface area contributed by atoms with Gasteiger partial charge >= 0.3 is 0 Å². The minimum absolute atomic E-state index is 0.0776. The van der Waals surface area contributed by atoms with Crippen LogP contribution < -0.4 is 15.1 Å². The maximum Gasteiger partial charge on any atom is 0.282 e. The summed E-state index contributed by atoms with van der Waals surface area (Å²) < 4.78 is 0. The molecule has 0 aromatic heterocycles. The molecule has 0 spiro atoms. The molecule has 138 valence electrons. The molecule has 0 unspecified atom stereocenters. The molecule has 1 heterocycles. The van der Waals surface area contributed by atoms with Crippen molar-refractivity contribution in [3.05, 3.63) is 57.5 Å². The van der Waals surface area contributed by atoms with Gasteiger partial charge in [-0.2, -0.15) is 0 Å². The number of benzene rings is 2. The number of hydrogen-bond acceptors (Lipinski definition) is 2. The van der Waals surface area contributed by atoms with Gasteiger partial charge in [0.15, 0.2) is 6.04 Å². The number of rotatable bonds is 4. The number of carbonyl (C=O) groups is 1. The first-order valence-corrected chi connectivity index (χ1v) is 9.69. The van der Waals surface area contributed by atoms with E-state index < -0.39 is 0 Å². The van der Waals surface area contributed by atoms with E-state index in [-0.39, 0.29) is 11.9 Å². The van der Waals surface area contributed by atoms with Crippen LogP contribution in [0.2, 0.25) is 15.1 Å². The van der Waals surface area contributed by atoms with Gasteiger partial charge in [-0.15, -0.1) is 0 Å². The second kappa shape index (κ2) is 8.49. The Balaban J connectivity index is 1.59. The molecular weight excluding hydrogens is 393 g/mol. The summed E-state index contributed by atoms with van der Waals surface area (Å²) in [7, 11) is 0. The Morgan fingerprint density at radius 1 is 1.08 bits per heavy atom. The van der Waals surface area contributed by atoms with Crippen LogP contribution in [-0.4, -0.2) is 38.1 Å². The number of quaternary nitrogens is 1. The molecule has 0 aliphatic carbocycles. The van der Waals surface area contributed by atoms with Crippen LogP contribution in [0.3, 0.4) is 0 Å². The summed E-state index contributed by atoms with van der Waals surface area (Å²) in [5.74, 6) is -0.0776. The lowest BCUT2D eigenvalue weighted by molar-refractivity contribution is -0.914. The predicted molar refractivity (Wildman–Crippen MR) is 109 cm³/mol. The van der Waals surface area contributed by atoms with Crippen molar-refractivity contribution in [1.29, 1.82) is 0 Å². The first-order valence-electron chi connectivity index (χ1n) is 8.55. The van der Waals surface area contributed by atoms with Crippen LogP contribution in [0, 0.1) is 0 Å². The van der Waals surface area contributed by atoms with Gasteiger partial charge in [-0.05, 0) is 37.3 Å². The SMILES string of the molecule is C[C@@H](C(=O)Nc1c(Cl)cccc1Cl)[NH+]1CCN(c2cccc(Cl)c2)CC1. The lowest BCUT2D eigenvalue weighted by Crippen LogP contribution is -3.19. The Hall–Kier alpha value is -1.46. The summed E-state index contributed by atoms with van der Waals surface area (Å²) >= 11 is 18.4. The second-order valence-corrected chi connectivity index (χ2v) is 7.68. The summed E-state index contributed by atoms with van der Waals surface area (Å²) in [5.41, 5.74) is 1.60. The average Bonchev–Trinajstić information content (AvgIpc) is 2.64. The van der Waals surface area contributed by atoms with E-state index in [1.807, 2.05) is 25.1 Å². The van der Waals surface area contributed by atoms with Crippen molar-refractivity contribution in [3.63, 3.8) is 0 Å². The van der Waals surface area contributed by atoms with Crippen LogP contribution in [0.15, 0.2) is 42.5 Å². The molecule has 1 fully saturated rings. The minimum Gasteiger partial charge on any atom is -0.360 e. The van der Waals surface area contributed by atoms with Gasteiger partial charge < -0.3 is 15.1 Å². The Morgan fingerprint density at radius 2 is 1.69 bits per heavy atom. The molecule has 2 aromatic rings. The molecule has 1 aliphatic heterocycles. The largest absolute Gasteiger partial charge is 0.360 e. The van der Waals surface area contributed by atoms with E-state index in [2.05, 4.69) is 16.3 Å². The number of carbonyl (C=O) groups excluding carboxylic acids is 1. The molecule has 0 saturated carbocycles. The van der Waals surface area contributed by atoms with E-state index in [4.69, 9.17) is 34.8 Å². The third-order valence-corrected chi connectivity index (χ3v) is 5.66. The van der Waals surface area contributed by atoms with E-state index in [9.17, 15) is 4.79 Å². The maximum absolute atomic E-state index is 12.6. The van der Waals surface area contributed by atoms with E-state index >= 15 is 0 Å². The van der Waals surface area contributed by atoms with Crippen molar-refractivity contribution in [2.24, 2.45) is 0 Å². The number of nitrogens with one attached hydrogen (secondary N) is 2. The fourth-order valence-corrected chi connectivity index (χ4v) is 3.87. The van der Waals surface area contributed by atoms with E-state index in [0.29, 0.717) is 15.7 Å². The number of piperazine rings is 1. The average molecular weight is 414 g/mol. The van der Waals surface area contributed by atoms with Crippen molar-refractivity contribution in [2.75, 3.05) is 36.4 Å². The van der Waals surface area contributed by atoms with Crippen molar-refractivity contribution in [3.8, 4) is 0 Å². The zero-order valence-electron chi connectivity index (χ0n) is 14.4. The summed E-state index contributed by atoms with van der Waals surface area (Å²) in [6, 6.07) is 12.9. The Bertz CT molecular complexity index is 771. The topological polar surface area (TPSA) is 36.8 Å². The molecule has 1 saturated heterocycles. The van der Waals surface area contributed by atoms with E-state index in [1.165, 1.54) is 4.90 Å². The third kappa shape index (κ3) is 4.44. The number of hydrogen-bond donors (Lipinski definition) is 2. The van der Waals surface area contributed by atoms with Crippen molar-refractivity contribution in [1.82, 2.24) is 0 Å². The number of nitrogens with zero attached hydrogens (tertiary/aromatic N) is 1. The fourth-order valence-electron chi connectivity index (χ4n) is 3.19. The van der Waals surface area contributed by atoms with Gasteiger partial charge in [0, 0.05) is 10.7 Å². The number of halogens is 3. The van der Waals surface area contributed by atoms with Gasteiger partial charge in [-0.3, -0.25) is 4.79 Å². The lowest BCUT2D eigenvalue weighted by atomic mass is 10.2. The highest BCUT2D eigenvalue weighted by Crippen LogP contribution is 2.29. The number of amides is 1. The van der Waals surface area contributed by atoms with E-state index in [0.717, 1.165) is 36.9 Å². The van der Waals surface area contributed by atoms with Gasteiger partial charge in [0.2, 0.25) is 0 Å². The highest BCUT2D eigenvalue weighted by molar-refractivity contribution is 6.39. The maximum atomic E-state index is 12.6. The molecule has 2 N–H and O–H groups in total. The normalized spacial score (nSPS) is 16.4. The van der Waals surface area contributed by atoms with Gasteiger partial charge in [-0.25, -0.2) is 0 Å². The van der Waals surface area contributed by atoms with Gasteiger partial charge in [0.25, 0.3) is 5.91 Å². The smallest absolute Gasteiger partial charge is 0.282 e. The predicted octanol–water partition coefficient (Wildman–Crippen LogP) is 3.38. The van der Waals surface area contributed by atoms with E-state index in [1.54, 1.807) is 18.2 Å². The van der Waals surface area contributed by atoms with Crippen LogP contribution in [0.5, 0.6) is 0 Å². The Labute approximate surface area is 168 Å². The molecule has 0 radical (unpaired) electrons. The highest BCUT2D eigenvalue weighted by atomic mass is 35.5. The standard InChI is InChI=1S/C19H20Cl3N3O/c1-13(19(26)23-18-16(21)6-3-7-17(18)22)24-8-10-25(11-9-24)15-5-2-4-14(20)12-15/h2-7,12-13H,8-11H2,1H3,(H,23,26)/p+1/t13-/m0/s1. The summed E-state index contributed by atoms with van der Waals surface area (Å²) in [5, 5.41) is 4.50. The number of para-hydroxylation sites is 1. The second-order valence-electron chi connectivity index (χ2n) is 6.43. The molecule has 26 heavy (non-hydrogen) atoms. The molecule has 1 amide bonds. The Kier molecular flexibility index (Phi) is 6.30. The molecule has 1 atom stereocenters. The lowest BCUT2D eigenvalue weighted by Gasteiger charge is -2.36. The molecule has 7 heteroatoms. The zero-order chi connectivity index (χ0) is 18.7. The minimum atomic E-state index is -0.191. The summed E-state index contributed by atoms with van der Waals surface area (Å²) in [4.78, 5) is 16.2. The number of anilines is 2. The van der Waals surface area contributed by atoms with Gasteiger partial charge in [0.05, 0.1) is 41.9 Å². The monoisotopic (exact) mass is 412 g/mol. The van der Waals surface area contributed by atoms with Crippen LogP contribution in [0.1, 0.15) is 6.92 Å². The summed E-state index contributed by atoms with van der Waals surface area (Å²) in [6.07, 6.45) is 0. The fraction of sp³-hybridized carbons (Fsp3) is 0.316. The van der Waals surface area contributed by atoms with Crippen LogP contribution >= 0.6 is 34.8 Å². The molecule has 1 aliphatic rings. The Morgan fingerprint density at radius 3 is 2.31 bits per heavy atom. The first-order chi connectivity index (χ1) is 12.5. The van der Waals surface area contributed by atoms with Gasteiger partial charge in [-0.1, -0.05) is 46.9 Å². The van der Waals surface area contributed by atoms with Crippen LogP contribution in [0.25, 0.3) is 0 Å². The first kappa shape index (κ1) is 19.3. The van der Waals surface area contributed by atoms with Crippen LogP contribution in [0.4, 0.5) is 11.4 Å². The molecular formula is C19H21Cl3N3O+. The molecule has 2 aromatic carbocycles. The quantitative estimate of drug-likeness (QED) is 0.806. The van der Waals surface area contributed by atoms with Crippen LogP contribution in [-0.2, 0) is 4.79 Å². The van der Waals surface area contributed by atoms with Gasteiger partial charge in [0.1, 0.15) is 0 Å². The highest BCUT2D eigenvalue weighted by Gasteiger charge is 2.30. The summed E-state index contributed by atoms with van der Waals surface area (Å²) in [6.45, 7) is 5.43. The third-order valence-electron chi connectivity index (χ3n) is 4.80. The van der Waals surface area contributed by atoms with Crippen molar-refractivity contribution < 1.29 is 9.69 Å².